The maximum Gasteiger partial charge on any atom is 0.0498 e. The highest BCUT2D eigenvalue weighted by molar-refractivity contribution is 9.09. The van der Waals surface area contributed by atoms with Crippen molar-refractivity contribution in [2.75, 3.05) is 13.7 Å². The highest BCUT2D eigenvalue weighted by Gasteiger charge is 2.06. The van der Waals surface area contributed by atoms with E-state index in [0.29, 0.717) is 10.7 Å². The fourth-order valence-electron chi connectivity index (χ4n) is 0.395. The largest absolute Gasteiger partial charge is 0.384 e. The molecule has 0 bridgehead atoms. The lowest BCUT2D eigenvalue weighted by Crippen LogP contribution is -2.12. The minimum atomic E-state index is 0.558. The summed E-state index contributed by atoms with van der Waals surface area (Å²) in [5.74, 6) is 0.611. The van der Waals surface area contributed by atoms with Crippen molar-refractivity contribution in [1.82, 2.24) is 0 Å². The fourth-order valence-corrected chi connectivity index (χ4v) is 0.548. The van der Waals surface area contributed by atoms with Gasteiger partial charge >= 0.3 is 0 Å². The molecule has 0 heterocycles. The SMILES string of the molecule is COCC(C)C(C)Br. The molecule has 0 aliphatic heterocycles. The van der Waals surface area contributed by atoms with Gasteiger partial charge in [0.1, 0.15) is 0 Å². The van der Waals surface area contributed by atoms with Gasteiger partial charge in [-0.3, -0.25) is 0 Å². The molecule has 0 aliphatic carbocycles. The second-order valence-corrected chi connectivity index (χ2v) is 3.55. The van der Waals surface area contributed by atoms with Gasteiger partial charge in [0.25, 0.3) is 0 Å². The Morgan fingerprint density at radius 1 is 1.50 bits per heavy atom. The van der Waals surface area contributed by atoms with Crippen molar-refractivity contribution in [3.63, 3.8) is 0 Å². The summed E-state index contributed by atoms with van der Waals surface area (Å²) in [7, 11) is 1.73. The third-order valence-electron chi connectivity index (χ3n) is 1.21. The van der Waals surface area contributed by atoms with Crippen LogP contribution in [0.1, 0.15) is 13.8 Å². The first-order valence-electron chi connectivity index (χ1n) is 2.81. The minimum absolute atomic E-state index is 0.558. The van der Waals surface area contributed by atoms with Crippen molar-refractivity contribution in [1.29, 1.82) is 0 Å². The molecule has 0 aromatic carbocycles. The summed E-state index contributed by atoms with van der Waals surface area (Å²) in [6.45, 7) is 5.12. The lowest BCUT2D eigenvalue weighted by atomic mass is 10.1. The fraction of sp³-hybridized carbons (Fsp3) is 1.00. The second kappa shape index (κ2) is 4.33. The zero-order valence-corrected chi connectivity index (χ0v) is 7.23. The molecule has 0 rings (SSSR count). The van der Waals surface area contributed by atoms with Crippen LogP contribution in [0.4, 0.5) is 0 Å². The van der Waals surface area contributed by atoms with Crippen LogP contribution in [0.3, 0.4) is 0 Å². The van der Waals surface area contributed by atoms with E-state index in [0.717, 1.165) is 6.61 Å². The Morgan fingerprint density at radius 2 is 2.00 bits per heavy atom. The average molecular weight is 181 g/mol. The Balaban J connectivity index is 3.17. The van der Waals surface area contributed by atoms with E-state index in [9.17, 15) is 0 Å². The standard InChI is InChI=1S/C6H13BrO/c1-5(4-8-3)6(2)7/h5-6H,4H2,1-3H3. The number of halogens is 1. The predicted octanol–water partition coefficient (Wildman–Crippen LogP) is 2.05. The third kappa shape index (κ3) is 3.44. The Labute approximate surface area is 59.5 Å². The molecule has 0 saturated carbocycles. The zero-order chi connectivity index (χ0) is 6.57. The van der Waals surface area contributed by atoms with Crippen molar-refractivity contribution in [3.8, 4) is 0 Å². The van der Waals surface area contributed by atoms with Gasteiger partial charge in [-0.2, -0.15) is 0 Å². The van der Waals surface area contributed by atoms with Gasteiger partial charge in [0, 0.05) is 18.5 Å². The summed E-state index contributed by atoms with van der Waals surface area (Å²) in [6.07, 6.45) is 0. The van der Waals surface area contributed by atoms with E-state index in [-0.39, 0.29) is 0 Å². The van der Waals surface area contributed by atoms with Crippen LogP contribution in [0.2, 0.25) is 0 Å². The van der Waals surface area contributed by atoms with Crippen molar-refractivity contribution in [2.45, 2.75) is 18.7 Å². The van der Waals surface area contributed by atoms with Crippen molar-refractivity contribution < 1.29 is 4.74 Å². The lowest BCUT2D eigenvalue weighted by Gasteiger charge is -2.11. The first-order valence-corrected chi connectivity index (χ1v) is 3.73. The molecule has 0 amide bonds. The van der Waals surface area contributed by atoms with Gasteiger partial charge in [0.15, 0.2) is 0 Å². The van der Waals surface area contributed by atoms with E-state index in [1.165, 1.54) is 0 Å². The monoisotopic (exact) mass is 180 g/mol. The van der Waals surface area contributed by atoms with Gasteiger partial charge in [-0.05, 0) is 5.92 Å². The van der Waals surface area contributed by atoms with Crippen LogP contribution >= 0.6 is 15.9 Å². The van der Waals surface area contributed by atoms with Gasteiger partial charge in [-0.15, -0.1) is 0 Å². The molecule has 1 nitrogen and oxygen atoms in total. The topological polar surface area (TPSA) is 9.23 Å². The maximum absolute atomic E-state index is 4.93. The average Bonchev–Trinajstić information content (AvgIpc) is 1.67. The molecule has 0 fully saturated rings. The molecule has 0 N–H and O–H groups in total. The number of alkyl halides is 1. The highest BCUT2D eigenvalue weighted by Crippen LogP contribution is 2.10. The molecule has 0 aromatic rings. The predicted molar refractivity (Wildman–Crippen MR) is 39.4 cm³/mol. The van der Waals surface area contributed by atoms with Gasteiger partial charge in [-0.25, -0.2) is 0 Å². The van der Waals surface area contributed by atoms with E-state index in [1.807, 2.05) is 0 Å². The van der Waals surface area contributed by atoms with Crippen LogP contribution in [0.5, 0.6) is 0 Å². The molecule has 0 spiro atoms. The van der Waals surface area contributed by atoms with Gasteiger partial charge < -0.3 is 4.74 Å². The van der Waals surface area contributed by atoms with E-state index in [2.05, 4.69) is 29.8 Å². The smallest absolute Gasteiger partial charge is 0.0498 e. The highest BCUT2D eigenvalue weighted by atomic mass is 79.9. The molecule has 2 heteroatoms. The van der Waals surface area contributed by atoms with Crippen LogP contribution in [0.15, 0.2) is 0 Å². The first kappa shape index (κ1) is 8.44. The van der Waals surface area contributed by atoms with Crippen molar-refractivity contribution >= 4 is 15.9 Å². The normalized spacial score (nSPS) is 18.0. The summed E-state index contributed by atoms with van der Waals surface area (Å²) in [5, 5.41) is 0. The Kier molecular flexibility index (Phi) is 4.57. The molecule has 0 aromatic heterocycles. The minimum Gasteiger partial charge on any atom is -0.384 e. The third-order valence-corrected chi connectivity index (χ3v) is 2.12. The lowest BCUT2D eigenvalue weighted by molar-refractivity contribution is 0.161. The van der Waals surface area contributed by atoms with Gasteiger partial charge in [0.05, 0.1) is 0 Å². The number of hydrogen-bond acceptors (Lipinski definition) is 1. The summed E-state index contributed by atoms with van der Waals surface area (Å²) >= 11 is 3.46. The van der Waals surface area contributed by atoms with Crippen molar-refractivity contribution in [3.05, 3.63) is 0 Å². The van der Waals surface area contributed by atoms with Crippen molar-refractivity contribution in [2.24, 2.45) is 5.92 Å². The first-order chi connectivity index (χ1) is 3.68. The van der Waals surface area contributed by atoms with Crippen LogP contribution in [0, 0.1) is 5.92 Å². The molecule has 0 saturated heterocycles. The number of rotatable bonds is 3. The Bertz CT molecular complexity index is 54.5. The van der Waals surface area contributed by atoms with E-state index in [1.54, 1.807) is 7.11 Å². The molecular formula is C6H13BrO. The molecule has 0 aliphatic rings. The summed E-state index contributed by atoms with van der Waals surface area (Å²) in [5.41, 5.74) is 0. The Hall–Kier alpha value is 0.440. The summed E-state index contributed by atoms with van der Waals surface area (Å²) < 4.78 is 4.93. The molecular weight excluding hydrogens is 168 g/mol. The summed E-state index contributed by atoms with van der Waals surface area (Å²) in [4.78, 5) is 0.558. The number of methoxy groups -OCH3 is 1. The van der Waals surface area contributed by atoms with E-state index in [4.69, 9.17) is 4.74 Å². The maximum atomic E-state index is 4.93. The van der Waals surface area contributed by atoms with Crippen LogP contribution < -0.4 is 0 Å². The second-order valence-electron chi connectivity index (χ2n) is 2.11. The number of ether oxygens (including phenoxy) is 1. The quantitative estimate of drug-likeness (QED) is 0.605. The van der Waals surface area contributed by atoms with Crippen LogP contribution in [0.25, 0.3) is 0 Å². The molecule has 2 atom stereocenters. The Morgan fingerprint density at radius 3 is 2.12 bits per heavy atom. The number of hydrogen-bond donors (Lipinski definition) is 0. The molecule has 50 valence electrons. The molecule has 8 heavy (non-hydrogen) atoms. The van der Waals surface area contributed by atoms with Gasteiger partial charge in [0.2, 0.25) is 0 Å². The van der Waals surface area contributed by atoms with Crippen LogP contribution in [-0.2, 0) is 4.74 Å². The van der Waals surface area contributed by atoms with Gasteiger partial charge in [-0.1, -0.05) is 29.8 Å². The van der Waals surface area contributed by atoms with Crippen LogP contribution in [-0.4, -0.2) is 18.5 Å². The molecule has 0 radical (unpaired) electrons. The van der Waals surface area contributed by atoms with E-state index < -0.39 is 0 Å². The summed E-state index contributed by atoms with van der Waals surface area (Å²) in [6, 6.07) is 0. The zero-order valence-electron chi connectivity index (χ0n) is 5.65. The van der Waals surface area contributed by atoms with E-state index >= 15 is 0 Å². The molecule has 2 unspecified atom stereocenters.